The molecule has 8 heavy (non-hydrogen) atoms. The highest BCUT2D eigenvalue weighted by Gasteiger charge is 2.11. The highest BCUT2D eigenvalue weighted by molar-refractivity contribution is 14.1. The zero-order valence-corrected chi connectivity index (χ0v) is 7.05. The Labute approximate surface area is 62.4 Å². The molecule has 0 aromatic carbocycles. The molecule has 0 heterocycles. The van der Waals surface area contributed by atoms with E-state index < -0.39 is 0 Å². The van der Waals surface area contributed by atoms with E-state index in [1.54, 1.807) is 4.90 Å². The molecule has 0 aliphatic rings. The molecule has 0 bridgehead atoms. The molecule has 2 N–H and O–H groups in total. The lowest BCUT2D eigenvalue weighted by Gasteiger charge is -2.12. The summed E-state index contributed by atoms with van der Waals surface area (Å²) in [6, 6.07) is 0. The van der Waals surface area contributed by atoms with Crippen LogP contribution in [0.2, 0.25) is 0 Å². The van der Waals surface area contributed by atoms with E-state index in [4.69, 9.17) is 5.73 Å². The Balaban J connectivity index is 3.64. The molecular weight excluding hydrogens is 219 g/mol. The van der Waals surface area contributed by atoms with Crippen molar-refractivity contribution in [3.8, 4) is 0 Å². The summed E-state index contributed by atoms with van der Waals surface area (Å²) in [6.07, 6.45) is 0. The van der Waals surface area contributed by atoms with E-state index in [-0.39, 0.29) is 9.96 Å². The Morgan fingerprint density at radius 2 is 2.12 bits per heavy atom. The maximum Gasteiger partial charge on any atom is 0.244 e. The van der Waals surface area contributed by atoms with Crippen molar-refractivity contribution in [1.82, 2.24) is 4.90 Å². The fourth-order valence-corrected chi connectivity index (χ4v) is 0.254. The minimum absolute atomic E-state index is 0.187. The van der Waals surface area contributed by atoms with Crippen LogP contribution >= 0.6 is 22.6 Å². The molecule has 0 spiro atoms. The number of amides is 1. The Morgan fingerprint density at radius 1 is 1.75 bits per heavy atom. The van der Waals surface area contributed by atoms with Gasteiger partial charge in [0, 0.05) is 0 Å². The van der Waals surface area contributed by atoms with Crippen molar-refractivity contribution in [1.29, 1.82) is 0 Å². The lowest BCUT2D eigenvalue weighted by Crippen LogP contribution is -2.35. The van der Waals surface area contributed by atoms with Crippen LogP contribution in [0.3, 0.4) is 0 Å². The van der Waals surface area contributed by atoms with Crippen molar-refractivity contribution in [2.75, 3.05) is 14.1 Å². The molecule has 3 nitrogen and oxygen atoms in total. The van der Waals surface area contributed by atoms with Crippen LogP contribution in [0, 0.1) is 0 Å². The maximum atomic E-state index is 10.3. The van der Waals surface area contributed by atoms with E-state index in [0.717, 1.165) is 0 Å². The molecule has 4 heteroatoms. The molecule has 0 saturated carbocycles. The van der Waals surface area contributed by atoms with Crippen LogP contribution in [0.5, 0.6) is 0 Å². The molecule has 0 aromatic heterocycles. The minimum Gasteiger partial charge on any atom is -0.368 e. The standard InChI is InChI=1S/C4H9IN2O/c1-7(2)3(5)4(6)8/h3H,1-2H3,(H2,6,8). The third-order valence-corrected chi connectivity index (χ3v) is 2.42. The molecule has 0 aromatic rings. The van der Waals surface area contributed by atoms with Gasteiger partial charge in [0.1, 0.15) is 4.05 Å². The molecule has 0 fully saturated rings. The number of hydrogen-bond donors (Lipinski definition) is 1. The third kappa shape index (κ3) is 2.46. The highest BCUT2D eigenvalue weighted by Crippen LogP contribution is 2.00. The van der Waals surface area contributed by atoms with Crippen LogP contribution in [-0.2, 0) is 4.79 Å². The SMILES string of the molecule is CN(C)C(I)C(N)=O. The van der Waals surface area contributed by atoms with Crippen LogP contribution < -0.4 is 5.73 Å². The Bertz CT molecular complexity index is 94.0. The Hall–Kier alpha value is 0.160. The second-order valence-electron chi connectivity index (χ2n) is 1.70. The molecular formula is C4H9IN2O. The van der Waals surface area contributed by atoms with Gasteiger partial charge in [-0.3, -0.25) is 9.69 Å². The second-order valence-corrected chi connectivity index (χ2v) is 2.88. The van der Waals surface area contributed by atoms with Crippen molar-refractivity contribution in [2.24, 2.45) is 5.73 Å². The second kappa shape index (κ2) is 3.24. The van der Waals surface area contributed by atoms with E-state index in [1.165, 1.54) is 0 Å². The number of primary amides is 1. The molecule has 0 rings (SSSR count). The summed E-state index contributed by atoms with van der Waals surface area (Å²) in [5.41, 5.74) is 4.95. The largest absolute Gasteiger partial charge is 0.368 e. The summed E-state index contributed by atoms with van der Waals surface area (Å²) >= 11 is 1.97. The first-order valence-electron chi connectivity index (χ1n) is 2.15. The Kier molecular flexibility index (Phi) is 3.30. The van der Waals surface area contributed by atoms with E-state index in [0.29, 0.717) is 0 Å². The van der Waals surface area contributed by atoms with Crippen molar-refractivity contribution in [2.45, 2.75) is 4.05 Å². The van der Waals surface area contributed by atoms with Gasteiger partial charge in [-0.05, 0) is 14.1 Å². The van der Waals surface area contributed by atoms with Gasteiger partial charge in [0.05, 0.1) is 0 Å². The monoisotopic (exact) mass is 228 g/mol. The van der Waals surface area contributed by atoms with Gasteiger partial charge in [-0.2, -0.15) is 0 Å². The number of nitrogens with zero attached hydrogens (tertiary/aromatic N) is 1. The van der Waals surface area contributed by atoms with Crippen LogP contribution in [-0.4, -0.2) is 29.0 Å². The predicted molar refractivity (Wildman–Crippen MR) is 40.7 cm³/mol. The number of likely N-dealkylation sites (N-methyl/N-ethyl adjacent to an activating group) is 1. The number of nitrogens with two attached hydrogens (primary N) is 1. The normalized spacial score (nSPS) is 14.0. The zero-order valence-electron chi connectivity index (χ0n) is 4.89. The van der Waals surface area contributed by atoms with Gasteiger partial charge in [0.15, 0.2) is 0 Å². The molecule has 0 aliphatic carbocycles. The van der Waals surface area contributed by atoms with Gasteiger partial charge in [-0.25, -0.2) is 0 Å². The van der Waals surface area contributed by atoms with Crippen LogP contribution in [0.4, 0.5) is 0 Å². The molecule has 1 unspecified atom stereocenters. The van der Waals surface area contributed by atoms with E-state index in [9.17, 15) is 4.79 Å². The number of carbonyl (C=O) groups excluding carboxylic acids is 1. The minimum atomic E-state index is -0.296. The molecule has 0 radical (unpaired) electrons. The summed E-state index contributed by atoms with van der Waals surface area (Å²) in [5, 5.41) is 0. The van der Waals surface area contributed by atoms with E-state index in [2.05, 4.69) is 0 Å². The van der Waals surface area contributed by atoms with Gasteiger partial charge in [-0.15, -0.1) is 0 Å². The summed E-state index contributed by atoms with van der Waals surface area (Å²) in [4.78, 5) is 12.1. The number of alkyl halides is 1. The average Bonchev–Trinajstić information content (AvgIpc) is 1.64. The summed E-state index contributed by atoms with van der Waals surface area (Å²) in [5.74, 6) is -0.296. The van der Waals surface area contributed by atoms with E-state index in [1.807, 2.05) is 36.7 Å². The lowest BCUT2D eigenvalue weighted by atomic mass is 10.6. The number of halogens is 1. The first-order valence-corrected chi connectivity index (χ1v) is 3.40. The van der Waals surface area contributed by atoms with Gasteiger partial charge in [0.25, 0.3) is 0 Å². The van der Waals surface area contributed by atoms with Gasteiger partial charge < -0.3 is 5.73 Å². The van der Waals surface area contributed by atoms with Gasteiger partial charge in [-0.1, -0.05) is 22.6 Å². The van der Waals surface area contributed by atoms with Crippen LogP contribution in [0.15, 0.2) is 0 Å². The topological polar surface area (TPSA) is 46.3 Å². The first kappa shape index (κ1) is 8.16. The molecule has 0 saturated heterocycles. The summed E-state index contributed by atoms with van der Waals surface area (Å²) in [7, 11) is 3.61. The quantitative estimate of drug-likeness (QED) is 0.404. The molecule has 1 atom stereocenters. The van der Waals surface area contributed by atoms with Crippen molar-refractivity contribution < 1.29 is 4.79 Å². The number of hydrogen-bond acceptors (Lipinski definition) is 2. The predicted octanol–water partition coefficient (Wildman–Crippen LogP) is -0.206. The third-order valence-electron chi connectivity index (χ3n) is 0.688. The van der Waals surface area contributed by atoms with Crippen molar-refractivity contribution in [3.05, 3.63) is 0 Å². The zero-order chi connectivity index (χ0) is 6.73. The first-order chi connectivity index (χ1) is 3.55. The maximum absolute atomic E-state index is 10.3. The van der Waals surface area contributed by atoms with Crippen molar-refractivity contribution in [3.63, 3.8) is 0 Å². The van der Waals surface area contributed by atoms with Crippen LogP contribution in [0.25, 0.3) is 0 Å². The fraction of sp³-hybridized carbons (Fsp3) is 0.750. The molecule has 0 aliphatic heterocycles. The molecule has 1 amide bonds. The number of carbonyl (C=O) groups is 1. The van der Waals surface area contributed by atoms with Crippen LogP contribution in [0.1, 0.15) is 0 Å². The van der Waals surface area contributed by atoms with Crippen molar-refractivity contribution >= 4 is 28.5 Å². The lowest BCUT2D eigenvalue weighted by molar-refractivity contribution is -0.119. The average molecular weight is 228 g/mol. The Morgan fingerprint density at radius 3 is 2.12 bits per heavy atom. The fourth-order valence-electron chi connectivity index (χ4n) is 0.254. The highest BCUT2D eigenvalue weighted by atomic mass is 127. The van der Waals surface area contributed by atoms with Gasteiger partial charge in [0.2, 0.25) is 5.91 Å². The summed E-state index contributed by atoms with van der Waals surface area (Å²) in [6.45, 7) is 0. The van der Waals surface area contributed by atoms with E-state index >= 15 is 0 Å². The number of rotatable bonds is 2. The smallest absolute Gasteiger partial charge is 0.244 e. The molecule has 48 valence electrons. The summed E-state index contributed by atoms with van der Waals surface area (Å²) < 4.78 is -0.187. The van der Waals surface area contributed by atoms with Gasteiger partial charge >= 0.3 is 0 Å².